The molecule has 0 heterocycles. The lowest BCUT2D eigenvalue weighted by molar-refractivity contribution is -0.121. The molecule has 0 aromatic heterocycles. The summed E-state index contributed by atoms with van der Waals surface area (Å²) in [5, 5.41) is 11.8. The zero-order valence-electron chi connectivity index (χ0n) is 17.2. The van der Waals surface area contributed by atoms with Gasteiger partial charge in [-0.15, -0.1) is 0 Å². The maximum absolute atomic E-state index is 11.6. The van der Waals surface area contributed by atoms with E-state index in [1.165, 1.54) is 70.6 Å². The van der Waals surface area contributed by atoms with Crippen molar-refractivity contribution in [3.05, 3.63) is 12.2 Å². The Balaban J connectivity index is 3.21. The summed E-state index contributed by atoms with van der Waals surface area (Å²) in [6, 6.07) is 0. The maximum Gasteiger partial charge on any atom is 0.219 e. The van der Waals surface area contributed by atoms with Gasteiger partial charge >= 0.3 is 0 Å². The van der Waals surface area contributed by atoms with Crippen molar-refractivity contribution in [3.8, 4) is 0 Å². The predicted molar refractivity (Wildman–Crippen MR) is 112 cm³/mol. The third-order valence-electron chi connectivity index (χ3n) is 4.66. The standard InChI is InChI=1S/C22H44N2O2/c1-2-3-4-5-6-7-8-9-10-11-12-13-14-15-16-19-22(26)24-20-17-18-21(23)25/h9-10,21,25H,2-8,11-20,23H2,1H3,(H,24,26)/b10-9-. The lowest BCUT2D eigenvalue weighted by Crippen LogP contribution is -2.26. The van der Waals surface area contributed by atoms with Gasteiger partial charge in [0.2, 0.25) is 5.91 Å². The second-order valence-corrected chi connectivity index (χ2v) is 7.39. The second kappa shape index (κ2) is 20.4. The Hall–Kier alpha value is -0.870. The molecule has 1 atom stereocenters. The molecule has 0 aromatic carbocycles. The largest absolute Gasteiger partial charge is 0.379 e. The van der Waals surface area contributed by atoms with Gasteiger partial charge in [-0.3, -0.25) is 4.79 Å². The van der Waals surface area contributed by atoms with Gasteiger partial charge in [0.15, 0.2) is 0 Å². The molecule has 0 saturated heterocycles. The maximum atomic E-state index is 11.6. The van der Waals surface area contributed by atoms with Crippen LogP contribution in [0.15, 0.2) is 12.2 Å². The highest BCUT2D eigenvalue weighted by Crippen LogP contribution is 2.09. The van der Waals surface area contributed by atoms with Crippen molar-refractivity contribution in [1.29, 1.82) is 0 Å². The van der Waals surface area contributed by atoms with E-state index < -0.39 is 6.23 Å². The van der Waals surface area contributed by atoms with E-state index in [0.29, 0.717) is 19.4 Å². The summed E-state index contributed by atoms with van der Waals surface area (Å²) < 4.78 is 0. The molecule has 0 fully saturated rings. The number of hydrogen-bond donors (Lipinski definition) is 3. The minimum absolute atomic E-state index is 0.120. The van der Waals surface area contributed by atoms with Crippen LogP contribution in [0.1, 0.15) is 110 Å². The normalized spacial score (nSPS) is 12.6. The number of carbonyl (C=O) groups excluding carboxylic acids is 1. The first-order chi connectivity index (χ1) is 12.7. The first kappa shape index (κ1) is 25.1. The van der Waals surface area contributed by atoms with Crippen LogP contribution in [0, 0.1) is 0 Å². The number of hydrogen-bond acceptors (Lipinski definition) is 3. The molecule has 0 saturated carbocycles. The van der Waals surface area contributed by atoms with Crippen LogP contribution in [-0.4, -0.2) is 23.8 Å². The molecular weight excluding hydrogens is 324 g/mol. The molecule has 0 aliphatic rings. The van der Waals surface area contributed by atoms with Crippen LogP contribution < -0.4 is 11.1 Å². The smallest absolute Gasteiger partial charge is 0.219 e. The Labute approximate surface area is 162 Å². The molecule has 0 aliphatic heterocycles. The summed E-state index contributed by atoms with van der Waals surface area (Å²) in [5.41, 5.74) is 5.25. The van der Waals surface area contributed by atoms with Crippen LogP contribution in [0.3, 0.4) is 0 Å². The molecule has 26 heavy (non-hydrogen) atoms. The summed E-state index contributed by atoms with van der Waals surface area (Å²) in [7, 11) is 0. The fraction of sp³-hybridized carbons (Fsp3) is 0.864. The van der Waals surface area contributed by atoms with Crippen LogP contribution >= 0.6 is 0 Å². The van der Waals surface area contributed by atoms with E-state index >= 15 is 0 Å². The quantitative estimate of drug-likeness (QED) is 0.167. The summed E-state index contributed by atoms with van der Waals surface area (Å²) in [6.07, 6.45) is 22.4. The second-order valence-electron chi connectivity index (χ2n) is 7.39. The summed E-state index contributed by atoms with van der Waals surface area (Å²) in [4.78, 5) is 11.6. The molecule has 4 heteroatoms. The van der Waals surface area contributed by atoms with E-state index in [-0.39, 0.29) is 5.91 Å². The number of unbranched alkanes of at least 4 members (excludes halogenated alkanes) is 11. The lowest BCUT2D eigenvalue weighted by Gasteiger charge is -2.06. The summed E-state index contributed by atoms with van der Waals surface area (Å²) >= 11 is 0. The van der Waals surface area contributed by atoms with Gasteiger partial charge in [-0.05, 0) is 44.9 Å². The molecule has 0 radical (unpaired) electrons. The Morgan fingerprint density at radius 2 is 1.42 bits per heavy atom. The van der Waals surface area contributed by atoms with Crippen molar-refractivity contribution in [1.82, 2.24) is 5.32 Å². The lowest BCUT2D eigenvalue weighted by atomic mass is 10.1. The number of rotatable bonds is 19. The minimum Gasteiger partial charge on any atom is -0.379 e. The minimum atomic E-state index is -0.766. The van der Waals surface area contributed by atoms with E-state index in [0.717, 1.165) is 19.3 Å². The number of amides is 1. The average molecular weight is 369 g/mol. The van der Waals surface area contributed by atoms with E-state index in [9.17, 15) is 4.79 Å². The van der Waals surface area contributed by atoms with Crippen LogP contribution in [0.4, 0.5) is 0 Å². The van der Waals surface area contributed by atoms with Gasteiger partial charge in [0.25, 0.3) is 0 Å². The zero-order chi connectivity index (χ0) is 19.3. The number of carbonyl (C=O) groups is 1. The Bertz CT molecular complexity index is 330. The zero-order valence-corrected chi connectivity index (χ0v) is 17.2. The molecule has 1 amide bonds. The highest BCUT2D eigenvalue weighted by atomic mass is 16.3. The van der Waals surface area contributed by atoms with Crippen molar-refractivity contribution in [3.63, 3.8) is 0 Å². The van der Waals surface area contributed by atoms with Gasteiger partial charge in [-0.25, -0.2) is 0 Å². The number of aliphatic hydroxyl groups excluding tert-OH is 1. The molecule has 154 valence electrons. The third kappa shape index (κ3) is 21.2. The molecule has 0 bridgehead atoms. The fourth-order valence-electron chi connectivity index (χ4n) is 2.98. The average Bonchev–Trinajstić information content (AvgIpc) is 2.62. The molecule has 1 unspecified atom stereocenters. The SMILES string of the molecule is CCCCCCCC/C=C\CCCCCCCC(=O)NCCCC(N)O. The van der Waals surface area contributed by atoms with Crippen molar-refractivity contribution >= 4 is 5.91 Å². The van der Waals surface area contributed by atoms with Gasteiger partial charge in [0.1, 0.15) is 6.23 Å². The number of allylic oxidation sites excluding steroid dienone is 2. The highest BCUT2D eigenvalue weighted by molar-refractivity contribution is 5.75. The van der Waals surface area contributed by atoms with E-state index in [2.05, 4.69) is 24.4 Å². The Kier molecular flexibility index (Phi) is 19.8. The summed E-state index contributed by atoms with van der Waals surface area (Å²) in [6.45, 7) is 2.87. The van der Waals surface area contributed by atoms with Crippen molar-refractivity contribution < 1.29 is 9.90 Å². The van der Waals surface area contributed by atoms with Crippen LogP contribution in [0.2, 0.25) is 0 Å². The first-order valence-corrected chi connectivity index (χ1v) is 11.0. The number of nitrogens with one attached hydrogen (secondary N) is 1. The van der Waals surface area contributed by atoms with Gasteiger partial charge < -0.3 is 16.2 Å². The third-order valence-corrected chi connectivity index (χ3v) is 4.66. The molecular formula is C22H44N2O2. The Morgan fingerprint density at radius 1 is 0.885 bits per heavy atom. The molecule has 4 N–H and O–H groups in total. The first-order valence-electron chi connectivity index (χ1n) is 11.0. The topological polar surface area (TPSA) is 75.4 Å². The monoisotopic (exact) mass is 368 g/mol. The molecule has 4 nitrogen and oxygen atoms in total. The number of nitrogens with two attached hydrogens (primary N) is 1. The van der Waals surface area contributed by atoms with Gasteiger partial charge in [0, 0.05) is 13.0 Å². The van der Waals surface area contributed by atoms with Crippen molar-refractivity contribution in [2.75, 3.05) is 6.54 Å². The van der Waals surface area contributed by atoms with Crippen LogP contribution in [0.5, 0.6) is 0 Å². The Morgan fingerprint density at radius 3 is 2.00 bits per heavy atom. The van der Waals surface area contributed by atoms with Gasteiger partial charge in [0.05, 0.1) is 0 Å². The van der Waals surface area contributed by atoms with Crippen LogP contribution in [-0.2, 0) is 4.79 Å². The molecule has 0 rings (SSSR count). The van der Waals surface area contributed by atoms with E-state index in [1.54, 1.807) is 0 Å². The molecule has 0 spiro atoms. The van der Waals surface area contributed by atoms with Crippen LogP contribution in [0.25, 0.3) is 0 Å². The predicted octanol–water partition coefficient (Wildman–Crippen LogP) is 5.20. The van der Waals surface area contributed by atoms with Crippen molar-refractivity contribution in [2.45, 2.75) is 116 Å². The van der Waals surface area contributed by atoms with Gasteiger partial charge in [-0.1, -0.05) is 70.4 Å². The van der Waals surface area contributed by atoms with Gasteiger partial charge in [-0.2, -0.15) is 0 Å². The summed E-state index contributed by atoms with van der Waals surface area (Å²) in [5.74, 6) is 0.120. The highest BCUT2D eigenvalue weighted by Gasteiger charge is 2.01. The number of aliphatic hydroxyl groups is 1. The van der Waals surface area contributed by atoms with E-state index in [4.69, 9.17) is 10.8 Å². The molecule has 0 aromatic rings. The molecule has 0 aliphatic carbocycles. The van der Waals surface area contributed by atoms with E-state index in [1.807, 2.05) is 0 Å². The van der Waals surface area contributed by atoms with Crippen molar-refractivity contribution in [2.24, 2.45) is 5.73 Å². The fourth-order valence-corrected chi connectivity index (χ4v) is 2.98.